The van der Waals surface area contributed by atoms with Crippen LogP contribution in [-0.4, -0.2) is 5.11 Å². The van der Waals surface area contributed by atoms with Gasteiger partial charge in [-0.25, -0.2) is 8.78 Å². The maximum absolute atomic E-state index is 14.3. The molecule has 0 bridgehead atoms. The van der Waals surface area contributed by atoms with E-state index in [0.29, 0.717) is 10.9 Å². The average molecular weight is 326 g/mol. The fourth-order valence-electron chi connectivity index (χ4n) is 2.97. The Labute approximate surface area is 140 Å². The standard InChI is InChI=1S/C21H20F2O/c1-2-3-4-5-14-6-8-15(9-7-14)17-12-16-10-11-19(24)21(23)20(16)18(22)13-17/h6-13,24H,2-5H2,1H3. The molecule has 0 spiro atoms. The van der Waals surface area contributed by atoms with Crippen molar-refractivity contribution >= 4 is 10.8 Å². The molecular formula is C21H20F2O. The van der Waals surface area contributed by atoms with E-state index in [1.54, 1.807) is 6.07 Å². The average Bonchev–Trinajstić information content (AvgIpc) is 2.59. The van der Waals surface area contributed by atoms with E-state index < -0.39 is 17.4 Å². The Morgan fingerprint density at radius 2 is 1.62 bits per heavy atom. The van der Waals surface area contributed by atoms with E-state index in [1.807, 2.05) is 12.1 Å². The third-order valence-electron chi connectivity index (χ3n) is 4.34. The molecule has 0 saturated heterocycles. The molecule has 3 heteroatoms. The van der Waals surface area contributed by atoms with Crippen molar-refractivity contribution < 1.29 is 13.9 Å². The zero-order valence-electron chi connectivity index (χ0n) is 13.7. The number of aryl methyl sites for hydroxylation is 1. The normalized spacial score (nSPS) is 11.1. The van der Waals surface area contributed by atoms with Crippen LogP contribution in [0.2, 0.25) is 0 Å². The monoisotopic (exact) mass is 326 g/mol. The number of unbranched alkanes of at least 4 members (excludes halogenated alkanes) is 2. The summed E-state index contributed by atoms with van der Waals surface area (Å²) in [5, 5.41) is 9.67. The molecule has 0 aliphatic rings. The van der Waals surface area contributed by atoms with Crippen molar-refractivity contribution in [2.45, 2.75) is 32.6 Å². The lowest BCUT2D eigenvalue weighted by Crippen LogP contribution is -1.89. The second kappa shape index (κ2) is 7.00. The van der Waals surface area contributed by atoms with Gasteiger partial charge < -0.3 is 5.11 Å². The van der Waals surface area contributed by atoms with Gasteiger partial charge in [0.05, 0.1) is 5.39 Å². The number of phenolic OH excluding ortho intramolecular Hbond substituents is 1. The summed E-state index contributed by atoms with van der Waals surface area (Å²) < 4.78 is 28.2. The second-order valence-electron chi connectivity index (χ2n) is 6.11. The van der Waals surface area contributed by atoms with Crippen molar-refractivity contribution in [2.24, 2.45) is 0 Å². The number of hydrogen-bond acceptors (Lipinski definition) is 1. The van der Waals surface area contributed by atoms with Crippen molar-refractivity contribution in [1.82, 2.24) is 0 Å². The van der Waals surface area contributed by atoms with Crippen LogP contribution in [0.4, 0.5) is 8.78 Å². The quantitative estimate of drug-likeness (QED) is 0.552. The van der Waals surface area contributed by atoms with Crippen LogP contribution < -0.4 is 0 Å². The zero-order chi connectivity index (χ0) is 17.1. The van der Waals surface area contributed by atoms with Crippen LogP contribution in [-0.2, 0) is 6.42 Å². The number of benzene rings is 3. The number of rotatable bonds is 5. The Hall–Kier alpha value is -2.42. The highest BCUT2D eigenvalue weighted by Gasteiger charge is 2.13. The fraction of sp³-hybridized carbons (Fsp3) is 0.238. The number of hydrogen-bond donors (Lipinski definition) is 1. The highest BCUT2D eigenvalue weighted by molar-refractivity contribution is 5.89. The van der Waals surface area contributed by atoms with Gasteiger partial charge in [-0.05, 0) is 53.1 Å². The lowest BCUT2D eigenvalue weighted by atomic mass is 9.98. The number of fused-ring (bicyclic) bond motifs is 1. The van der Waals surface area contributed by atoms with Crippen molar-refractivity contribution in [3.8, 4) is 16.9 Å². The summed E-state index contributed by atoms with van der Waals surface area (Å²) in [6.07, 6.45) is 4.63. The summed E-state index contributed by atoms with van der Waals surface area (Å²) in [7, 11) is 0. The lowest BCUT2D eigenvalue weighted by molar-refractivity contribution is 0.435. The molecule has 24 heavy (non-hydrogen) atoms. The Morgan fingerprint density at radius 3 is 2.33 bits per heavy atom. The molecule has 0 saturated carbocycles. The maximum atomic E-state index is 14.3. The van der Waals surface area contributed by atoms with Gasteiger partial charge in [0, 0.05) is 0 Å². The molecule has 3 aromatic carbocycles. The van der Waals surface area contributed by atoms with Crippen LogP contribution in [0, 0.1) is 11.6 Å². The van der Waals surface area contributed by atoms with Crippen molar-refractivity contribution in [2.75, 3.05) is 0 Å². The van der Waals surface area contributed by atoms with Gasteiger partial charge in [0.1, 0.15) is 5.82 Å². The number of aromatic hydroxyl groups is 1. The van der Waals surface area contributed by atoms with Crippen LogP contribution in [0.5, 0.6) is 5.75 Å². The summed E-state index contributed by atoms with van der Waals surface area (Å²) in [5.41, 5.74) is 2.86. The predicted molar refractivity (Wildman–Crippen MR) is 94.2 cm³/mol. The van der Waals surface area contributed by atoms with Gasteiger partial charge in [0.2, 0.25) is 0 Å². The molecule has 0 aliphatic carbocycles. The van der Waals surface area contributed by atoms with Gasteiger partial charge in [-0.2, -0.15) is 0 Å². The first kappa shape index (κ1) is 16.4. The molecule has 0 fully saturated rings. The molecule has 0 amide bonds. The molecule has 0 heterocycles. The molecule has 0 aromatic heterocycles. The van der Waals surface area contributed by atoms with Crippen LogP contribution in [0.25, 0.3) is 21.9 Å². The minimum absolute atomic E-state index is 0.171. The second-order valence-corrected chi connectivity index (χ2v) is 6.11. The topological polar surface area (TPSA) is 20.2 Å². The summed E-state index contributed by atoms with van der Waals surface area (Å²) in [5.74, 6) is -2.11. The summed E-state index contributed by atoms with van der Waals surface area (Å²) >= 11 is 0. The minimum atomic E-state index is -0.914. The molecule has 124 valence electrons. The van der Waals surface area contributed by atoms with Crippen LogP contribution in [0.1, 0.15) is 31.7 Å². The first-order valence-corrected chi connectivity index (χ1v) is 8.30. The molecule has 0 radical (unpaired) electrons. The summed E-state index contributed by atoms with van der Waals surface area (Å²) in [6.45, 7) is 2.18. The van der Waals surface area contributed by atoms with Gasteiger partial charge in [0.25, 0.3) is 0 Å². The Kier molecular flexibility index (Phi) is 4.79. The Bertz CT molecular complexity index is 854. The van der Waals surface area contributed by atoms with Crippen LogP contribution in [0.3, 0.4) is 0 Å². The third-order valence-corrected chi connectivity index (χ3v) is 4.34. The van der Waals surface area contributed by atoms with Crippen LogP contribution >= 0.6 is 0 Å². The summed E-state index contributed by atoms with van der Waals surface area (Å²) in [4.78, 5) is 0. The molecule has 3 aromatic rings. The van der Waals surface area contributed by atoms with Crippen molar-refractivity contribution in [3.63, 3.8) is 0 Å². The number of phenols is 1. The van der Waals surface area contributed by atoms with E-state index >= 15 is 0 Å². The molecular weight excluding hydrogens is 306 g/mol. The Balaban J connectivity index is 1.93. The van der Waals surface area contributed by atoms with E-state index in [4.69, 9.17) is 0 Å². The number of halogens is 2. The van der Waals surface area contributed by atoms with E-state index in [9.17, 15) is 13.9 Å². The fourth-order valence-corrected chi connectivity index (χ4v) is 2.97. The van der Waals surface area contributed by atoms with Gasteiger partial charge in [-0.1, -0.05) is 50.1 Å². The Morgan fingerprint density at radius 1 is 0.875 bits per heavy atom. The van der Waals surface area contributed by atoms with Gasteiger partial charge in [0.15, 0.2) is 11.6 Å². The molecule has 0 unspecified atom stereocenters. The van der Waals surface area contributed by atoms with Gasteiger partial charge >= 0.3 is 0 Å². The van der Waals surface area contributed by atoms with E-state index in [-0.39, 0.29) is 5.39 Å². The maximum Gasteiger partial charge on any atom is 0.175 e. The van der Waals surface area contributed by atoms with E-state index in [0.717, 1.165) is 12.0 Å². The largest absolute Gasteiger partial charge is 0.505 e. The van der Waals surface area contributed by atoms with E-state index in [2.05, 4.69) is 19.1 Å². The first-order valence-electron chi connectivity index (χ1n) is 8.30. The highest BCUT2D eigenvalue weighted by Crippen LogP contribution is 2.32. The highest BCUT2D eigenvalue weighted by atomic mass is 19.1. The van der Waals surface area contributed by atoms with Gasteiger partial charge in [-0.15, -0.1) is 0 Å². The third kappa shape index (κ3) is 3.25. The minimum Gasteiger partial charge on any atom is -0.505 e. The molecule has 3 rings (SSSR count). The zero-order valence-corrected chi connectivity index (χ0v) is 13.7. The lowest BCUT2D eigenvalue weighted by Gasteiger charge is -2.08. The van der Waals surface area contributed by atoms with Gasteiger partial charge in [-0.3, -0.25) is 0 Å². The SMILES string of the molecule is CCCCCc1ccc(-c2cc(F)c3c(F)c(O)ccc3c2)cc1. The molecule has 0 aliphatic heterocycles. The molecule has 0 atom stereocenters. The van der Waals surface area contributed by atoms with Crippen molar-refractivity contribution in [1.29, 1.82) is 0 Å². The first-order chi connectivity index (χ1) is 11.6. The smallest absolute Gasteiger partial charge is 0.175 e. The predicted octanol–water partition coefficient (Wildman–Crippen LogP) is 6.22. The van der Waals surface area contributed by atoms with Crippen molar-refractivity contribution in [3.05, 3.63) is 65.7 Å². The molecule has 1 N–H and O–H groups in total. The summed E-state index contributed by atoms with van der Waals surface area (Å²) in [6, 6.07) is 13.9. The van der Waals surface area contributed by atoms with E-state index in [1.165, 1.54) is 43.0 Å². The van der Waals surface area contributed by atoms with Crippen LogP contribution in [0.15, 0.2) is 48.5 Å². The molecule has 1 nitrogen and oxygen atoms in total.